The highest BCUT2D eigenvalue weighted by Crippen LogP contribution is 2.28. The van der Waals surface area contributed by atoms with Gasteiger partial charge in [0, 0.05) is 5.75 Å². The molecule has 0 radical (unpaired) electrons. The fourth-order valence-corrected chi connectivity index (χ4v) is 3.41. The predicted molar refractivity (Wildman–Crippen MR) is 75.3 cm³/mol. The van der Waals surface area contributed by atoms with Gasteiger partial charge in [0.2, 0.25) is 5.91 Å². The van der Waals surface area contributed by atoms with Crippen LogP contribution < -0.4 is 5.32 Å². The third-order valence-corrected chi connectivity index (χ3v) is 4.48. The SMILES string of the molecule is Cc1ccc(CC(=O)NC2(C(=O)O)CCSC2)cc1. The topological polar surface area (TPSA) is 66.4 Å². The standard InChI is InChI=1S/C14H17NO3S/c1-10-2-4-11(5-3-10)8-12(16)15-14(13(17)18)6-7-19-9-14/h2-5H,6-9H2,1H3,(H,15,16)(H,17,18). The lowest BCUT2D eigenvalue weighted by Crippen LogP contribution is -2.55. The summed E-state index contributed by atoms with van der Waals surface area (Å²) in [5.41, 5.74) is 0.958. The van der Waals surface area contributed by atoms with Crippen LogP contribution in [0.15, 0.2) is 24.3 Å². The van der Waals surface area contributed by atoms with Crippen molar-refractivity contribution >= 4 is 23.6 Å². The lowest BCUT2D eigenvalue weighted by molar-refractivity contribution is -0.146. The Labute approximate surface area is 116 Å². The van der Waals surface area contributed by atoms with Gasteiger partial charge in [0.1, 0.15) is 5.54 Å². The van der Waals surface area contributed by atoms with Crippen molar-refractivity contribution in [2.75, 3.05) is 11.5 Å². The molecule has 0 aromatic heterocycles. The number of benzene rings is 1. The minimum absolute atomic E-state index is 0.222. The van der Waals surface area contributed by atoms with Gasteiger partial charge in [-0.25, -0.2) is 4.79 Å². The molecule has 0 aliphatic carbocycles. The fourth-order valence-electron chi connectivity index (χ4n) is 2.09. The van der Waals surface area contributed by atoms with E-state index >= 15 is 0 Å². The third-order valence-electron chi connectivity index (χ3n) is 3.30. The Morgan fingerprint density at radius 1 is 1.37 bits per heavy atom. The Balaban J connectivity index is 2.00. The number of aliphatic carboxylic acids is 1. The smallest absolute Gasteiger partial charge is 0.330 e. The molecule has 0 spiro atoms. The molecule has 19 heavy (non-hydrogen) atoms. The first-order chi connectivity index (χ1) is 9.02. The number of aryl methyl sites for hydroxylation is 1. The van der Waals surface area contributed by atoms with Gasteiger partial charge in [-0.15, -0.1) is 0 Å². The average molecular weight is 279 g/mol. The van der Waals surface area contributed by atoms with Crippen molar-refractivity contribution in [2.24, 2.45) is 0 Å². The van der Waals surface area contributed by atoms with Gasteiger partial charge in [-0.05, 0) is 24.7 Å². The summed E-state index contributed by atoms with van der Waals surface area (Å²) in [5.74, 6) is 0.0579. The Morgan fingerprint density at radius 2 is 2.05 bits per heavy atom. The molecule has 102 valence electrons. The number of nitrogens with one attached hydrogen (secondary N) is 1. The minimum atomic E-state index is -1.08. The highest BCUT2D eigenvalue weighted by molar-refractivity contribution is 7.99. The van der Waals surface area contributed by atoms with Gasteiger partial charge in [0.15, 0.2) is 0 Å². The average Bonchev–Trinajstić information content (AvgIpc) is 2.82. The van der Waals surface area contributed by atoms with Crippen LogP contribution in [0, 0.1) is 6.92 Å². The lowest BCUT2D eigenvalue weighted by Gasteiger charge is -2.24. The van der Waals surface area contributed by atoms with Gasteiger partial charge >= 0.3 is 5.97 Å². The summed E-state index contributed by atoms with van der Waals surface area (Å²) in [5, 5.41) is 12.0. The second-order valence-corrected chi connectivity index (χ2v) is 6.01. The van der Waals surface area contributed by atoms with Crippen LogP contribution in [0.3, 0.4) is 0 Å². The Bertz CT molecular complexity index is 478. The van der Waals surface area contributed by atoms with Gasteiger partial charge in [-0.2, -0.15) is 11.8 Å². The highest BCUT2D eigenvalue weighted by atomic mass is 32.2. The summed E-state index contributed by atoms with van der Waals surface area (Å²) in [6.45, 7) is 1.99. The molecule has 2 rings (SSSR count). The second kappa shape index (κ2) is 5.65. The molecule has 4 nitrogen and oxygen atoms in total. The Morgan fingerprint density at radius 3 is 2.58 bits per heavy atom. The number of carboxylic acid groups (broad SMARTS) is 1. The molecular formula is C14H17NO3S. The van der Waals surface area contributed by atoms with E-state index in [0.29, 0.717) is 12.2 Å². The van der Waals surface area contributed by atoms with Crippen molar-refractivity contribution in [1.82, 2.24) is 5.32 Å². The summed E-state index contributed by atoms with van der Waals surface area (Å²) >= 11 is 1.56. The zero-order valence-corrected chi connectivity index (χ0v) is 11.6. The molecule has 1 unspecified atom stereocenters. The molecule has 1 atom stereocenters. The van der Waals surface area contributed by atoms with Crippen molar-refractivity contribution < 1.29 is 14.7 Å². The zero-order chi connectivity index (χ0) is 13.9. The molecule has 0 bridgehead atoms. The number of hydrogen-bond acceptors (Lipinski definition) is 3. The van der Waals surface area contributed by atoms with E-state index in [4.69, 9.17) is 0 Å². The Hall–Kier alpha value is -1.49. The van der Waals surface area contributed by atoms with E-state index < -0.39 is 11.5 Å². The van der Waals surface area contributed by atoms with Crippen LogP contribution in [0.2, 0.25) is 0 Å². The number of hydrogen-bond donors (Lipinski definition) is 2. The summed E-state index contributed by atoms with van der Waals surface area (Å²) in [7, 11) is 0. The first kappa shape index (κ1) is 13.9. The van der Waals surface area contributed by atoms with Crippen molar-refractivity contribution in [2.45, 2.75) is 25.3 Å². The second-order valence-electron chi connectivity index (χ2n) is 4.90. The van der Waals surface area contributed by atoms with Crippen LogP contribution in [0.4, 0.5) is 0 Å². The molecule has 2 N–H and O–H groups in total. The first-order valence-electron chi connectivity index (χ1n) is 6.19. The summed E-state index contributed by atoms with van der Waals surface area (Å²) in [6.07, 6.45) is 0.715. The Kier molecular flexibility index (Phi) is 4.14. The van der Waals surface area contributed by atoms with Crippen LogP contribution in [-0.4, -0.2) is 34.0 Å². The molecule has 0 saturated carbocycles. The molecule has 1 saturated heterocycles. The number of carboxylic acids is 1. The van der Waals surface area contributed by atoms with E-state index in [0.717, 1.165) is 16.9 Å². The molecule has 1 heterocycles. The summed E-state index contributed by atoms with van der Waals surface area (Å²) in [4.78, 5) is 23.3. The van der Waals surface area contributed by atoms with Gasteiger partial charge in [0.25, 0.3) is 0 Å². The van der Waals surface area contributed by atoms with Crippen molar-refractivity contribution in [3.63, 3.8) is 0 Å². The number of carbonyl (C=O) groups is 2. The molecule has 1 amide bonds. The number of carbonyl (C=O) groups excluding carboxylic acids is 1. The van der Waals surface area contributed by atoms with Gasteiger partial charge in [-0.1, -0.05) is 29.8 Å². The minimum Gasteiger partial charge on any atom is -0.479 e. The molecule has 5 heteroatoms. The van der Waals surface area contributed by atoms with E-state index in [1.807, 2.05) is 31.2 Å². The maximum absolute atomic E-state index is 12.0. The largest absolute Gasteiger partial charge is 0.479 e. The maximum atomic E-state index is 12.0. The number of amides is 1. The number of rotatable bonds is 4. The molecule has 1 aromatic carbocycles. The van der Waals surface area contributed by atoms with Crippen LogP contribution >= 0.6 is 11.8 Å². The fraction of sp³-hybridized carbons (Fsp3) is 0.429. The van der Waals surface area contributed by atoms with Gasteiger partial charge < -0.3 is 10.4 Å². The predicted octanol–water partition coefficient (Wildman–Crippen LogP) is 1.61. The van der Waals surface area contributed by atoms with Crippen molar-refractivity contribution in [1.29, 1.82) is 0 Å². The first-order valence-corrected chi connectivity index (χ1v) is 7.35. The van der Waals surface area contributed by atoms with E-state index in [-0.39, 0.29) is 12.3 Å². The molecule has 1 aliphatic heterocycles. The van der Waals surface area contributed by atoms with E-state index in [2.05, 4.69) is 5.32 Å². The number of thioether (sulfide) groups is 1. The van der Waals surface area contributed by atoms with E-state index in [1.165, 1.54) is 0 Å². The van der Waals surface area contributed by atoms with Gasteiger partial charge in [-0.3, -0.25) is 4.79 Å². The normalized spacial score (nSPS) is 22.2. The molecule has 1 aromatic rings. The van der Waals surface area contributed by atoms with Crippen LogP contribution in [0.5, 0.6) is 0 Å². The van der Waals surface area contributed by atoms with Gasteiger partial charge in [0.05, 0.1) is 6.42 Å². The highest BCUT2D eigenvalue weighted by Gasteiger charge is 2.43. The summed E-state index contributed by atoms with van der Waals surface area (Å²) in [6, 6.07) is 7.68. The molecular weight excluding hydrogens is 262 g/mol. The molecule has 1 aliphatic rings. The summed E-state index contributed by atoms with van der Waals surface area (Å²) < 4.78 is 0. The van der Waals surface area contributed by atoms with E-state index in [1.54, 1.807) is 11.8 Å². The van der Waals surface area contributed by atoms with Crippen LogP contribution in [0.1, 0.15) is 17.5 Å². The third kappa shape index (κ3) is 3.29. The lowest BCUT2D eigenvalue weighted by atomic mass is 9.98. The monoisotopic (exact) mass is 279 g/mol. The zero-order valence-electron chi connectivity index (χ0n) is 10.8. The maximum Gasteiger partial charge on any atom is 0.330 e. The van der Waals surface area contributed by atoms with E-state index in [9.17, 15) is 14.7 Å². The van der Waals surface area contributed by atoms with Crippen LogP contribution in [0.25, 0.3) is 0 Å². The quantitative estimate of drug-likeness (QED) is 0.879. The van der Waals surface area contributed by atoms with Crippen molar-refractivity contribution in [3.05, 3.63) is 35.4 Å². The molecule has 1 fully saturated rings. The van der Waals surface area contributed by atoms with Crippen LogP contribution in [-0.2, 0) is 16.0 Å². The van der Waals surface area contributed by atoms with Crippen molar-refractivity contribution in [3.8, 4) is 0 Å².